The van der Waals surface area contributed by atoms with Crippen LogP contribution in [0.5, 0.6) is 6.01 Å². The van der Waals surface area contributed by atoms with E-state index < -0.39 is 0 Å². The summed E-state index contributed by atoms with van der Waals surface area (Å²) in [5.41, 5.74) is 0. The Morgan fingerprint density at radius 3 is 2.76 bits per heavy atom. The van der Waals surface area contributed by atoms with Crippen LogP contribution in [0, 0.1) is 0 Å². The molecule has 0 fully saturated rings. The predicted molar refractivity (Wildman–Crippen MR) is 65.6 cm³/mol. The number of nitrogens with one attached hydrogen (secondary N) is 1. The highest BCUT2D eigenvalue weighted by molar-refractivity contribution is 6.28. The second-order valence-electron chi connectivity index (χ2n) is 3.33. The lowest BCUT2D eigenvalue weighted by atomic mass is 10.4. The Hall–Kier alpha value is -1.14. The van der Waals surface area contributed by atoms with Gasteiger partial charge in [-0.15, -0.1) is 0 Å². The number of ether oxygens (including phenoxy) is 2. The fraction of sp³-hybridized carbons (Fsp3) is 0.700. The molecule has 0 spiro atoms. The first-order chi connectivity index (χ1) is 8.26. The molecule has 0 aromatic carbocycles. The molecule has 0 bridgehead atoms. The minimum absolute atomic E-state index is 0.125. The summed E-state index contributed by atoms with van der Waals surface area (Å²) in [6.07, 6.45) is 1.75. The van der Waals surface area contributed by atoms with Crippen molar-refractivity contribution in [1.82, 2.24) is 15.0 Å². The molecule has 0 unspecified atom stereocenters. The molecular formula is C10H17ClN4O2. The normalized spacial score (nSPS) is 10.3. The van der Waals surface area contributed by atoms with Crippen LogP contribution in [0.1, 0.15) is 19.8 Å². The fourth-order valence-electron chi connectivity index (χ4n) is 1.09. The number of anilines is 1. The second kappa shape index (κ2) is 8.03. The van der Waals surface area contributed by atoms with Crippen molar-refractivity contribution in [3.63, 3.8) is 0 Å². The summed E-state index contributed by atoms with van der Waals surface area (Å²) in [6.45, 7) is 3.96. The van der Waals surface area contributed by atoms with Gasteiger partial charge in [0.25, 0.3) is 0 Å². The van der Waals surface area contributed by atoms with Crippen LogP contribution in [0.3, 0.4) is 0 Å². The van der Waals surface area contributed by atoms with Crippen LogP contribution >= 0.6 is 11.6 Å². The summed E-state index contributed by atoms with van der Waals surface area (Å²) in [7, 11) is 1.66. The van der Waals surface area contributed by atoms with E-state index in [2.05, 4.69) is 20.3 Å². The molecule has 0 aliphatic heterocycles. The Morgan fingerprint density at radius 1 is 1.24 bits per heavy atom. The Morgan fingerprint density at radius 2 is 2.06 bits per heavy atom. The molecule has 1 aromatic heterocycles. The van der Waals surface area contributed by atoms with Crippen LogP contribution in [0.4, 0.5) is 5.95 Å². The highest BCUT2D eigenvalue weighted by atomic mass is 35.5. The average Bonchev–Trinajstić information content (AvgIpc) is 2.31. The van der Waals surface area contributed by atoms with E-state index in [0.717, 1.165) is 12.8 Å². The third kappa shape index (κ3) is 5.65. The minimum Gasteiger partial charge on any atom is -0.463 e. The van der Waals surface area contributed by atoms with Crippen molar-refractivity contribution in [2.75, 3.05) is 32.2 Å². The monoisotopic (exact) mass is 260 g/mol. The Bertz CT molecular complexity index is 338. The number of rotatable bonds is 8. The van der Waals surface area contributed by atoms with Crippen LogP contribution in [-0.4, -0.2) is 41.8 Å². The third-order valence-corrected chi connectivity index (χ3v) is 2.00. The van der Waals surface area contributed by atoms with Gasteiger partial charge in [0.2, 0.25) is 11.2 Å². The smallest absolute Gasteiger partial charge is 0.322 e. The largest absolute Gasteiger partial charge is 0.463 e. The van der Waals surface area contributed by atoms with Gasteiger partial charge in [0.15, 0.2) is 0 Å². The highest BCUT2D eigenvalue weighted by Crippen LogP contribution is 2.11. The molecule has 1 heterocycles. The first-order valence-electron chi connectivity index (χ1n) is 5.53. The first-order valence-corrected chi connectivity index (χ1v) is 5.91. The maximum atomic E-state index is 5.76. The van der Waals surface area contributed by atoms with Gasteiger partial charge < -0.3 is 14.8 Å². The third-order valence-electron chi connectivity index (χ3n) is 1.83. The van der Waals surface area contributed by atoms with Gasteiger partial charge in [-0.05, 0) is 24.4 Å². The van der Waals surface area contributed by atoms with Gasteiger partial charge in [-0.1, -0.05) is 6.92 Å². The van der Waals surface area contributed by atoms with Crippen molar-refractivity contribution < 1.29 is 9.47 Å². The number of hydrogen-bond acceptors (Lipinski definition) is 6. The molecule has 7 heteroatoms. The zero-order valence-corrected chi connectivity index (χ0v) is 10.8. The van der Waals surface area contributed by atoms with Gasteiger partial charge in [-0.25, -0.2) is 0 Å². The number of methoxy groups -OCH3 is 1. The molecule has 0 aliphatic carbocycles. The van der Waals surface area contributed by atoms with Crippen molar-refractivity contribution in [3.05, 3.63) is 5.28 Å². The summed E-state index contributed by atoms with van der Waals surface area (Å²) in [5.74, 6) is 0.423. The van der Waals surface area contributed by atoms with E-state index in [1.165, 1.54) is 0 Å². The molecule has 1 aromatic rings. The molecular weight excluding hydrogens is 244 g/mol. The molecule has 0 atom stereocenters. The van der Waals surface area contributed by atoms with Crippen molar-refractivity contribution in [2.45, 2.75) is 19.8 Å². The maximum Gasteiger partial charge on any atom is 0.322 e. The van der Waals surface area contributed by atoms with E-state index in [0.29, 0.717) is 25.7 Å². The topological polar surface area (TPSA) is 69.2 Å². The van der Waals surface area contributed by atoms with Crippen molar-refractivity contribution >= 4 is 17.5 Å². The Labute approximate surface area is 106 Å². The first kappa shape index (κ1) is 13.9. The van der Waals surface area contributed by atoms with E-state index in [4.69, 9.17) is 21.1 Å². The highest BCUT2D eigenvalue weighted by Gasteiger charge is 2.05. The van der Waals surface area contributed by atoms with E-state index in [9.17, 15) is 0 Å². The SMILES string of the molecule is CCCOc1nc(Cl)nc(NCCCOC)n1. The zero-order chi connectivity index (χ0) is 12.5. The lowest BCUT2D eigenvalue weighted by Gasteiger charge is -2.06. The van der Waals surface area contributed by atoms with Crippen molar-refractivity contribution in [3.8, 4) is 6.01 Å². The van der Waals surface area contributed by atoms with Crippen LogP contribution in [0.15, 0.2) is 0 Å². The number of hydrogen-bond donors (Lipinski definition) is 1. The lowest BCUT2D eigenvalue weighted by Crippen LogP contribution is -2.10. The summed E-state index contributed by atoms with van der Waals surface area (Å²) < 4.78 is 10.2. The summed E-state index contributed by atoms with van der Waals surface area (Å²) in [5, 5.41) is 3.16. The second-order valence-corrected chi connectivity index (χ2v) is 3.67. The Kier molecular flexibility index (Phi) is 6.57. The van der Waals surface area contributed by atoms with E-state index in [-0.39, 0.29) is 11.3 Å². The van der Waals surface area contributed by atoms with Crippen LogP contribution in [0.2, 0.25) is 5.28 Å². The lowest BCUT2D eigenvalue weighted by molar-refractivity contribution is 0.197. The van der Waals surface area contributed by atoms with E-state index in [1.54, 1.807) is 7.11 Å². The molecule has 17 heavy (non-hydrogen) atoms. The van der Waals surface area contributed by atoms with Crippen molar-refractivity contribution in [1.29, 1.82) is 0 Å². The van der Waals surface area contributed by atoms with Gasteiger partial charge in [0, 0.05) is 20.3 Å². The maximum absolute atomic E-state index is 5.76. The van der Waals surface area contributed by atoms with Gasteiger partial charge in [-0.3, -0.25) is 0 Å². The molecule has 1 rings (SSSR count). The number of nitrogens with zero attached hydrogens (tertiary/aromatic N) is 3. The molecule has 1 N–H and O–H groups in total. The summed E-state index contributed by atoms with van der Waals surface area (Å²) in [6, 6.07) is 0.251. The minimum atomic E-state index is 0.125. The van der Waals surface area contributed by atoms with Gasteiger partial charge in [0.1, 0.15) is 0 Å². The zero-order valence-electron chi connectivity index (χ0n) is 10.1. The average molecular weight is 261 g/mol. The number of halogens is 1. The van der Waals surface area contributed by atoms with Crippen LogP contribution in [-0.2, 0) is 4.74 Å². The molecule has 96 valence electrons. The van der Waals surface area contributed by atoms with E-state index in [1.807, 2.05) is 6.92 Å². The van der Waals surface area contributed by atoms with Crippen LogP contribution in [0.25, 0.3) is 0 Å². The Balaban J connectivity index is 2.50. The fourth-order valence-corrected chi connectivity index (χ4v) is 1.24. The quantitative estimate of drug-likeness (QED) is 0.719. The standard InChI is InChI=1S/C10H17ClN4O2/c1-3-6-17-10-14-8(11)13-9(15-10)12-5-4-7-16-2/h3-7H2,1-2H3,(H,12,13,14,15). The molecule has 0 saturated heterocycles. The number of aromatic nitrogens is 3. The molecule has 0 aliphatic rings. The summed E-state index contributed by atoms with van der Waals surface area (Å²) >= 11 is 5.76. The summed E-state index contributed by atoms with van der Waals surface area (Å²) in [4.78, 5) is 11.9. The molecule has 0 saturated carbocycles. The molecule has 6 nitrogen and oxygen atoms in total. The predicted octanol–water partition coefficient (Wildman–Crippen LogP) is 1.76. The molecule has 0 radical (unpaired) electrons. The molecule has 0 amide bonds. The van der Waals surface area contributed by atoms with Crippen LogP contribution < -0.4 is 10.1 Å². The van der Waals surface area contributed by atoms with Gasteiger partial charge >= 0.3 is 6.01 Å². The van der Waals surface area contributed by atoms with Gasteiger partial charge in [0.05, 0.1) is 6.61 Å². The van der Waals surface area contributed by atoms with Crippen molar-refractivity contribution in [2.24, 2.45) is 0 Å². The van der Waals surface area contributed by atoms with Gasteiger partial charge in [-0.2, -0.15) is 15.0 Å². The van der Waals surface area contributed by atoms with E-state index >= 15 is 0 Å².